The molecule has 1 aliphatic rings. The topological polar surface area (TPSA) is 55.4 Å². The lowest BCUT2D eigenvalue weighted by atomic mass is 10.2. The number of H-pyrrole nitrogens is 1. The number of fused-ring (bicyclic) bond motifs is 1. The van der Waals surface area contributed by atoms with E-state index in [-0.39, 0.29) is 0 Å². The first-order valence-electron chi connectivity index (χ1n) is 6.69. The molecule has 0 radical (unpaired) electrons. The molecule has 1 fully saturated rings. The second-order valence-electron chi connectivity index (χ2n) is 5.08. The molecule has 0 aliphatic carbocycles. The summed E-state index contributed by atoms with van der Waals surface area (Å²) in [6, 6.07) is 3.47. The van der Waals surface area contributed by atoms with Crippen molar-refractivity contribution in [3.05, 3.63) is 23.8 Å². The van der Waals surface area contributed by atoms with Crippen LogP contribution >= 0.6 is 0 Å². The maximum atomic E-state index is 12.7. The Bertz CT molecular complexity index is 640. The summed E-state index contributed by atoms with van der Waals surface area (Å²) >= 11 is 0. The van der Waals surface area contributed by atoms with E-state index >= 15 is 0 Å². The van der Waals surface area contributed by atoms with Gasteiger partial charge in [-0.2, -0.15) is 18.2 Å². The summed E-state index contributed by atoms with van der Waals surface area (Å²) in [5.41, 5.74) is 0.177. The number of aromatic amines is 1. The fourth-order valence-corrected chi connectivity index (χ4v) is 2.44. The Balaban J connectivity index is 1.90. The predicted molar refractivity (Wildman–Crippen MR) is 71.3 cm³/mol. The van der Waals surface area contributed by atoms with Crippen LogP contribution in [0.2, 0.25) is 0 Å². The maximum Gasteiger partial charge on any atom is 0.416 e. The Morgan fingerprint density at radius 3 is 2.71 bits per heavy atom. The minimum Gasteiger partial charge on any atom is -0.341 e. The zero-order chi connectivity index (χ0) is 15.0. The molecule has 2 N–H and O–H groups in total. The highest BCUT2D eigenvalue weighted by Crippen LogP contribution is 2.31. The second-order valence-corrected chi connectivity index (χ2v) is 5.08. The molecule has 1 aromatic carbocycles. The Kier molecular flexibility index (Phi) is 3.50. The third-order valence-electron chi connectivity index (χ3n) is 3.57. The minimum absolute atomic E-state index is 0.366. The van der Waals surface area contributed by atoms with Crippen LogP contribution in [0.15, 0.2) is 18.2 Å². The van der Waals surface area contributed by atoms with Gasteiger partial charge in [-0.05, 0) is 24.6 Å². The Hall–Kier alpha value is -1.80. The number of benzene rings is 1. The van der Waals surface area contributed by atoms with Crippen molar-refractivity contribution in [3.8, 4) is 0 Å². The van der Waals surface area contributed by atoms with E-state index < -0.39 is 11.7 Å². The first-order valence-corrected chi connectivity index (χ1v) is 6.69. The van der Waals surface area contributed by atoms with Crippen LogP contribution in [0.5, 0.6) is 0 Å². The van der Waals surface area contributed by atoms with Crippen LogP contribution in [0.25, 0.3) is 11.0 Å². The normalized spacial score (nSPS) is 18.2. The first kappa shape index (κ1) is 14.2. The average Bonchev–Trinajstić information content (AvgIpc) is 2.72. The molecule has 3 rings (SSSR count). The number of nitrogens with zero attached hydrogens (tertiary/aromatic N) is 3. The van der Waals surface area contributed by atoms with Gasteiger partial charge in [-0.25, -0.2) is 4.98 Å². The van der Waals surface area contributed by atoms with Crippen LogP contribution < -0.4 is 4.90 Å². The fourth-order valence-electron chi connectivity index (χ4n) is 2.44. The van der Waals surface area contributed by atoms with E-state index in [2.05, 4.69) is 9.97 Å². The van der Waals surface area contributed by atoms with Crippen molar-refractivity contribution in [2.75, 3.05) is 31.1 Å². The lowest BCUT2D eigenvalue weighted by Crippen LogP contribution is -2.29. The molecule has 0 spiro atoms. The van der Waals surface area contributed by atoms with Gasteiger partial charge in [0, 0.05) is 26.2 Å². The van der Waals surface area contributed by atoms with Crippen molar-refractivity contribution >= 4 is 17.0 Å². The summed E-state index contributed by atoms with van der Waals surface area (Å²) in [5, 5.41) is 10.7. The molecule has 8 heteroatoms. The molecule has 2 heterocycles. The van der Waals surface area contributed by atoms with Gasteiger partial charge in [0.1, 0.15) is 0 Å². The number of aromatic nitrogens is 2. The molecule has 1 aromatic heterocycles. The average molecular weight is 300 g/mol. The van der Waals surface area contributed by atoms with Crippen LogP contribution in [0.3, 0.4) is 0 Å². The molecule has 0 amide bonds. The van der Waals surface area contributed by atoms with Gasteiger partial charge in [0.25, 0.3) is 0 Å². The predicted octanol–water partition coefficient (Wildman–Crippen LogP) is 2.48. The van der Waals surface area contributed by atoms with Crippen molar-refractivity contribution in [2.24, 2.45) is 0 Å². The molecule has 5 nitrogen and oxygen atoms in total. The third-order valence-corrected chi connectivity index (χ3v) is 3.57. The van der Waals surface area contributed by atoms with Crippen LogP contribution in [0.4, 0.5) is 19.1 Å². The number of alkyl halides is 3. The molecule has 0 saturated carbocycles. The van der Waals surface area contributed by atoms with Crippen LogP contribution in [0, 0.1) is 0 Å². The summed E-state index contributed by atoms with van der Waals surface area (Å²) in [7, 11) is 0. The molecule has 1 aliphatic heterocycles. The molecule has 0 atom stereocenters. The first-order chi connectivity index (χ1) is 9.93. The van der Waals surface area contributed by atoms with Crippen LogP contribution in [-0.2, 0) is 6.18 Å². The van der Waals surface area contributed by atoms with Gasteiger partial charge >= 0.3 is 6.18 Å². The van der Waals surface area contributed by atoms with Crippen molar-refractivity contribution in [1.82, 2.24) is 15.0 Å². The number of nitrogens with one attached hydrogen (secondary N) is 1. The Morgan fingerprint density at radius 2 is 1.95 bits per heavy atom. The van der Waals surface area contributed by atoms with E-state index in [0.717, 1.165) is 18.6 Å². The molecule has 0 bridgehead atoms. The zero-order valence-corrected chi connectivity index (χ0v) is 11.2. The highest BCUT2D eigenvalue weighted by molar-refractivity contribution is 5.78. The monoisotopic (exact) mass is 300 g/mol. The van der Waals surface area contributed by atoms with Gasteiger partial charge in [-0.3, -0.25) is 0 Å². The quantitative estimate of drug-likeness (QED) is 0.849. The molecule has 114 valence electrons. The second kappa shape index (κ2) is 5.19. The SMILES string of the molecule is ON1CCCN(c2nc3ccc(C(F)(F)F)cc3[nH]2)CC1. The number of hydrogen-bond donors (Lipinski definition) is 2. The van der Waals surface area contributed by atoms with Gasteiger partial charge in [-0.15, -0.1) is 0 Å². The highest BCUT2D eigenvalue weighted by atomic mass is 19.4. The van der Waals surface area contributed by atoms with Crippen LogP contribution in [-0.4, -0.2) is 46.4 Å². The maximum absolute atomic E-state index is 12.7. The smallest absolute Gasteiger partial charge is 0.341 e. The third kappa shape index (κ3) is 2.96. The summed E-state index contributed by atoms with van der Waals surface area (Å²) in [6.45, 7) is 2.32. The van der Waals surface area contributed by atoms with Gasteiger partial charge < -0.3 is 15.1 Å². The molecular formula is C13H15F3N4O. The molecule has 2 aromatic rings. The number of imidazole rings is 1. The van der Waals surface area contributed by atoms with Crippen molar-refractivity contribution in [2.45, 2.75) is 12.6 Å². The van der Waals surface area contributed by atoms with Crippen LogP contribution in [0.1, 0.15) is 12.0 Å². The van der Waals surface area contributed by atoms with E-state index in [1.165, 1.54) is 11.1 Å². The standard InChI is InChI=1S/C13H15F3N4O/c14-13(15,16)9-2-3-10-11(8-9)18-12(17-10)19-4-1-5-20(21)7-6-19/h2-3,8,21H,1,4-7H2,(H,17,18). The van der Waals surface area contributed by atoms with Crippen molar-refractivity contribution in [3.63, 3.8) is 0 Å². The lowest BCUT2D eigenvalue weighted by molar-refractivity contribution is -0.137. The van der Waals surface area contributed by atoms with Crippen molar-refractivity contribution in [1.29, 1.82) is 0 Å². The Morgan fingerprint density at radius 1 is 1.14 bits per heavy atom. The summed E-state index contributed by atoms with van der Waals surface area (Å²) in [6.07, 6.45) is -3.60. The largest absolute Gasteiger partial charge is 0.416 e. The van der Waals surface area contributed by atoms with Gasteiger partial charge in [0.15, 0.2) is 0 Å². The van der Waals surface area contributed by atoms with E-state index in [9.17, 15) is 18.4 Å². The number of halogens is 3. The van der Waals surface area contributed by atoms with E-state index in [1.54, 1.807) is 0 Å². The van der Waals surface area contributed by atoms with E-state index in [1.807, 2.05) is 4.90 Å². The summed E-state index contributed by atoms with van der Waals surface area (Å²) in [4.78, 5) is 9.20. The molecule has 1 saturated heterocycles. The molecular weight excluding hydrogens is 285 g/mol. The van der Waals surface area contributed by atoms with Gasteiger partial charge in [0.05, 0.1) is 16.6 Å². The Labute approximate surface area is 118 Å². The van der Waals surface area contributed by atoms with Gasteiger partial charge in [0.2, 0.25) is 5.95 Å². The lowest BCUT2D eigenvalue weighted by Gasteiger charge is -2.18. The fraction of sp³-hybridized carbons (Fsp3) is 0.462. The number of anilines is 1. The summed E-state index contributed by atoms with van der Waals surface area (Å²) < 4.78 is 38.1. The van der Waals surface area contributed by atoms with Crippen molar-refractivity contribution < 1.29 is 18.4 Å². The number of rotatable bonds is 1. The van der Waals surface area contributed by atoms with E-state index in [4.69, 9.17) is 0 Å². The molecule has 21 heavy (non-hydrogen) atoms. The minimum atomic E-state index is -4.36. The molecule has 0 unspecified atom stereocenters. The van der Waals surface area contributed by atoms with Gasteiger partial charge in [-0.1, -0.05) is 0 Å². The summed E-state index contributed by atoms with van der Waals surface area (Å²) in [5.74, 6) is 0.541. The van der Waals surface area contributed by atoms with E-state index in [0.29, 0.717) is 43.2 Å². The highest BCUT2D eigenvalue weighted by Gasteiger charge is 2.30. The number of hydroxylamine groups is 2. The zero-order valence-electron chi connectivity index (χ0n) is 11.2. The number of hydrogen-bond acceptors (Lipinski definition) is 4.